The Morgan fingerprint density at radius 1 is 0.786 bits per heavy atom. The molecule has 0 radical (unpaired) electrons. The molecule has 138 valence electrons. The molecule has 0 amide bonds. The van der Waals surface area contributed by atoms with Crippen LogP contribution in [0.2, 0.25) is 0 Å². The van der Waals surface area contributed by atoms with Crippen molar-refractivity contribution in [2.45, 2.75) is 0 Å². The van der Waals surface area contributed by atoms with E-state index in [0.29, 0.717) is 33.8 Å². The van der Waals surface area contributed by atoms with E-state index in [9.17, 15) is 4.39 Å². The van der Waals surface area contributed by atoms with Gasteiger partial charge in [0.2, 0.25) is 0 Å². The second kappa shape index (κ2) is 7.28. The van der Waals surface area contributed by atoms with E-state index in [0.717, 1.165) is 0 Å². The first-order valence-corrected chi connectivity index (χ1v) is 8.32. The fraction of sp³-hybridized carbons (Fsp3) is 0. The fourth-order valence-corrected chi connectivity index (χ4v) is 2.64. The van der Waals surface area contributed by atoms with Gasteiger partial charge in [0.1, 0.15) is 17.4 Å². The molecule has 0 saturated carbocycles. The molecule has 0 fully saturated rings. The summed E-state index contributed by atoms with van der Waals surface area (Å²) in [6.45, 7) is 0. The Morgan fingerprint density at radius 2 is 1.57 bits per heavy atom. The second-order valence-corrected chi connectivity index (χ2v) is 5.92. The molecule has 4 rings (SSSR count). The zero-order valence-corrected chi connectivity index (χ0v) is 14.6. The van der Waals surface area contributed by atoms with Crippen LogP contribution in [0.1, 0.15) is 0 Å². The van der Waals surface area contributed by atoms with Gasteiger partial charge in [0, 0.05) is 11.1 Å². The predicted molar refractivity (Wildman–Crippen MR) is 104 cm³/mol. The molecule has 8 heteroatoms. The highest BCUT2D eigenvalue weighted by atomic mass is 19.1. The lowest BCUT2D eigenvalue weighted by Gasteiger charge is -2.11. The highest BCUT2D eigenvalue weighted by Crippen LogP contribution is 2.34. The number of nitrogen functional groups attached to an aromatic ring is 2. The molecule has 0 spiro atoms. The maximum Gasteiger partial charge on any atom is 0.322 e. The van der Waals surface area contributed by atoms with Crippen molar-refractivity contribution in [1.82, 2.24) is 19.9 Å². The van der Waals surface area contributed by atoms with E-state index in [-0.39, 0.29) is 11.8 Å². The first kappa shape index (κ1) is 17.3. The Balaban J connectivity index is 1.68. The van der Waals surface area contributed by atoms with Crippen LogP contribution in [0.25, 0.3) is 22.4 Å². The molecule has 2 aromatic carbocycles. The number of benzene rings is 2. The Labute approximate surface area is 159 Å². The summed E-state index contributed by atoms with van der Waals surface area (Å²) in [5.41, 5.74) is 13.6. The lowest BCUT2D eigenvalue weighted by molar-refractivity contribution is 0.443. The topological polar surface area (TPSA) is 113 Å². The highest BCUT2D eigenvalue weighted by molar-refractivity contribution is 5.73. The van der Waals surface area contributed by atoms with Gasteiger partial charge in [0.25, 0.3) is 0 Å². The number of ether oxygens (including phenoxy) is 1. The van der Waals surface area contributed by atoms with Gasteiger partial charge in [-0.25, -0.2) is 19.3 Å². The summed E-state index contributed by atoms with van der Waals surface area (Å²) in [5.74, 6) is 0.332. The summed E-state index contributed by atoms with van der Waals surface area (Å²) in [6, 6.07) is 12.2. The van der Waals surface area contributed by atoms with Gasteiger partial charge >= 0.3 is 6.01 Å². The molecule has 7 nitrogen and oxygen atoms in total. The number of hydrogen-bond donors (Lipinski definition) is 2. The third-order valence-electron chi connectivity index (χ3n) is 3.96. The Bertz CT molecular complexity index is 1120. The molecule has 0 aliphatic rings. The molecule has 0 atom stereocenters. The molecule has 0 saturated heterocycles. The summed E-state index contributed by atoms with van der Waals surface area (Å²) < 4.78 is 20.5. The average Bonchev–Trinajstić information content (AvgIpc) is 2.71. The SMILES string of the molecule is Nc1cnc(Oc2ccccc2-c2ccc(-c3cnc(N)cn3)c(F)c2)nc1. The maximum atomic E-state index is 14.7. The van der Waals surface area contributed by atoms with Crippen molar-refractivity contribution in [2.24, 2.45) is 0 Å². The van der Waals surface area contributed by atoms with Gasteiger partial charge in [0.15, 0.2) is 0 Å². The predicted octanol–water partition coefficient (Wildman–Crippen LogP) is 3.70. The van der Waals surface area contributed by atoms with Crippen molar-refractivity contribution in [3.05, 3.63) is 73.1 Å². The minimum atomic E-state index is -0.435. The molecule has 4 aromatic rings. The Hall–Kier alpha value is -4.07. The maximum absolute atomic E-state index is 14.7. The molecule has 0 bridgehead atoms. The summed E-state index contributed by atoms with van der Waals surface area (Å²) in [6.07, 6.45) is 5.72. The van der Waals surface area contributed by atoms with E-state index < -0.39 is 5.82 Å². The third kappa shape index (κ3) is 3.56. The Morgan fingerprint density at radius 3 is 2.29 bits per heavy atom. The van der Waals surface area contributed by atoms with Crippen LogP contribution < -0.4 is 16.2 Å². The molecule has 2 heterocycles. The molecule has 0 aliphatic heterocycles. The average molecular weight is 374 g/mol. The number of hydrogen-bond acceptors (Lipinski definition) is 7. The minimum Gasteiger partial charge on any atom is -0.424 e. The van der Waals surface area contributed by atoms with Crippen LogP contribution in [0, 0.1) is 5.82 Å². The first-order valence-electron chi connectivity index (χ1n) is 8.32. The largest absolute Gasteiger partial charge is 0.424 e. The number of nitrogens with zero attached hydrogens (tertiary/aromatic N) is 4. The molecule has 0 unspecified atom stereocenters. The highest BCUT2D eigenvalue weighted by Gasteiger charge is 2.13. The van der Waals surface area contributed by atoms with Crippen molar-refractivity contribution in [1.29, 1.82) is 0 Å². The van der Waals surface area contributed by atoms with Gasteiger partial charge < -0.3 is 16.2 Å². The molecule has 0 aliphatic carbocycles. The first-order chi connectivity index (χ1) is 13.6. The summed E-state index contributed by atoms with van der Waals surface area (Å²) >= 11 is 0. The van der Waals surface area contributed by atoms with Crippen molar-refractivity contribution in [2.75, 3.05) is 11.5 Å². The van der Waals surface area contributed by atoms with E-state index in [2.05, 4.69) is 19.9 Å². The number of anilines is 2. The second-order valence-electron chi connectivity index (χ2n) is 5.92. The normalized spacial score (nSPS) is 10.6. The van der Waals surface area contributed by atoms with Crippen LogP contribution in [0.4, 0.5) is 15.9 Å². The quantitative estimate of drug-likeness (QED) is 0.560. The number of nitrogens with two attached hydrogens (primary N) is 2. The molecule has 4 N–H and O–H groups in total. The molecular formula is C20H15FN6O. The molecular weight excluding hydrogens is 359 g/mol. The Kier molecular flexibility index (Phi) is 4.51. The van der Waals surface area contributed by atoms with Crippen LogP contribution >= 0.6 is 0 Å². The smallest absolute Gasteiger partial charge is 0.322 e. The van der Waals surface area contributed by atoms with Crippen LogP contribution in [0.3, 0.4) is 0 Å². The fourth-order valence-electron chi connectivity index (χ4n) is 2.64. The number of rotatable bonds is 4. The van der Waals surface area contributed by atoms with Gasteiger partial charge in [-0.15, -0.1) is 0 Å². The van der Waals surface area contributed by atoms with Crippen LogP contribution in [0.5, 0.6) is 11.8 Å². The number of halogens is 1. The van der Waals surface area contributed by atoms with Crippen LogP contribution in [-0.4, -0.2) is 19.9 Å². The van der Waals surface area contributed by atoms with E-state index in [1.807, 2.05) is 18.2 Å². The van der Waals surface area contributed by atoms with E-state index in [1.54, 1.807) is 18.2 Å². The van der Waals surface area contributed by atoms with Gasteiger partial charge in [-0.05, 0) is 23.8 Å². The number of aromatic nitrogens is 4. The minimum absolute atomic E-state index is 0.149. The van der Waals surface area contributed by atoms with Gasteiger partial charge in [-0.2, -0.15) is 0 Å². The third-order valence-corrected chi connectivity index (χ3v) is 3.96. The van der Waals surface area contributed by atoms with Crippen molar-refractivity contribution < 1.29 is 9.13 Å². The monoisotopic (exact) mass is 374 g/mol. The van der Waals surface area contributed by atoms with E-state index in [4.69, 9.17) is 16.2 Å². The lowest BCUT2D eigenvalue weighted by atomic mass is 10.0. The lowest BCUT2D eigenvalue weighted by Crippen LogP contribution is -1.96. The van der Waals surface area contributed by atoms with Gasteiger partial charge in [0.05, 0.1) is 36.2 Å². The van der Waals surface area contributed by atoms with E-state index >= 15 is 0 Å². The summed E-state index contributed by atoms with van der Waals surface area (Å²) in [5, 5.41) is 0. The molecule has 28 heavy (non-hydrogen) atoms. The van der Waals surface area contributed by atoms with E-state index in [1.165, 1.54) is 30.9 Å². The van der Waals surface area contributed by atoms with Crippen LogP contribution in [-0.2, 0) is 0 Å². The van der Waals surface area contributed by atoms with Crippen LogP contribution in [0.15, 0.2) is 67.3 Å². The summed E-state index contributed by atoms with van der Waals surface area (Å²) in [4.78, 5) is 16.1. The standard InChI is InChI=1S/C20H15FN6O/c21-16-7-12(5-6-15(16)17-10-25-19(23)11-24-17)14-3-1-2-4-18(14)28-20-26-8-13(22)9-27-20/h1-11H,22H2,(H2,23,25). The zero-order chi connectivity index (χ0) is 19.5. The van der Waals surface area contributed by atoms with Crippen molar-refractivity contribution in [3.8, 4) is 34.1 Å². The van der Waals surface area contributed by atoms with Crippen molar-refractivity contribution in [3.63, 3.8) is 0 Å². The van der Waals surface area contributed by atoms with Gasteiger partial charge in [-0.1, -0.05) is 24.3 Å². The zero-order valence-electron chi connectivity index (χ0n) is 14.6. The summed E-state index contributed by atoms with van der Waals surface area (Å²) in [7, 11) is 0. The molecule has 2 aromatic heterocycles. The number of para-hydroxylation sites is 1. The van der Waals surface area contributed by atoms with Gasteiger partial charge in [-0.3, -0.25) is 4.98 Å². The van der Waals surface area contributed by atoms with Crippen molar-refractivity contribution >= 4 is 11.5 Å².